The van der Waals surface area contributed by atoms with Gasteiger partial charge in [0.05, 0.1) is 12.7 Å². The second-order valence-corrected chi connectivity index (χ2v) is 5.77. The highest BCUT2D eigenvalue weighted by Gasteiger charge is 2.28. The molecule has 2 heterocycles. The van der Waals surface area contributed by atoms with Crippen LogP contribution in [0, 0.1) is 0 Å². The molecule has 7 nitrogen and oxygen atoms in total. The zero-order valence-corrected chi connectivity index (χ0v) is 16.3. The van der Waals surface area contributed by atoms with Crippen LogP contribution in [0.4, 0.5) is 11.4 Å². The Bertz CT molecular complexity index is 761. The second-order valence-electron chi connectivity index (χ2n) is 5.77. The lowest BCUT2D eigenvalue weighted by atomic mass is 10.1. The average molecular weight is 413 g/mol. The number of halogens is 2. The molecule has 0 spiro atoms. The predicted molar refractivity (Wildman–Crippen MR) is 109 cm³/mol. The van der Waals surface area contributed by atoms with Gasteiger partial charge in [0.1, 0.15) is 6.04 Å². The van der Waals surface area contributed by atoms with Gasteiger partial charge in [-0.25, -0.2) is 0 Å². The summed E-state index contributed by atoms with van der Waals surface area (Å²) in [5.74, 6) is -0.436. The molecule has 1 aliphatic rings. The number of hydrogen-bond acceptors (Lipinski definition) is 5. The molecule has 1 fully saturated rings. The van der Waals surface area contributed by atoms with Crippen molar-refractivity contribution >= 4 is 48.0 Å². The highest BCUT2D eigenvalue weighted by atomic mass is 35.5. The van der Waals surface area contributed by atoms with Gasteiger partial charge in [-0.3, -0.25) is 14.6 Å². The van der Waals surface area contributed by atoms with Crippen molar-refractivity contribution in [3.05, 3.63) is 54.4 Å². The number of carbonyl (C=O) groups is 2. The Kier molecular flexibility index (Phi) is 9.17. The number of nitrogens with one attached hydrogen (secondary N) is 3. The smallest absolute Gasteiger partial charge is 0.255 e. The van der Waals surface area contributed by atoms with Crippen molar-refractivity contribution in [1.82, 2.24) is 10.3 Å². The Balaban J connectivity index is 0.00000182. The largest absolute Gasteiger partial charge is 0.375 e. The number of carbonyl (C=O) groups excluding carboxylic acids is 2. The van der Waals surface area contributed by atoms with Crippen molar-refractivity contribution in [3.8, 4) is 0 Å². The van der Waals surface area contributed by atoms with Gasteiger partial charge in [-0.05, 0) is 37.3 Å². The van der Waals surface area contributed by atoms with E-state index in [0.29, 0.717) is 30.1 Å². The molecule has 9 heteroatoms. The predicted octanol–water partition coefficient (Wildman–Crippen LogP) is 2.49. The molecular formula is C18H22Cl2N4O3. The quantitative estimate of drug-likeness (QED) is 0.717. The van der Waals surface area contributed by atoms with Crippen molar-refractivity contribution in [2.45, 2.75) is 19.1 Å². The van der Waals surface area contributed by atoms with Gasteiger partial charge in [-0.2, -0.15) is 0 Å². The summed E-state index contributed by atoms with van der Waals surface area (Å²) in [5, 5.41) is 8.75. The van der Waals surface area contributed by atoms with Crippen molar-refractivity contribution in [1.29, 1.82) is 0 Å². The molecule has 2 aromatic rings. The Labute approximate surface area is 170 Å². The van der Waals surface area contributed by atoms with Gasteiger partial charge in [0, 0.05) is 35.9 Å². The molecule has 1 saturated heterocycles. The van der Waals surface area contributed by atoms with E-state index in [-0.39, 0.29) is 42.7 Å². The molecule has 3 N–H and O–H groups in total. The fourth-order valence-corrected chi connectivity index (χ4v) is 2.62. The van der Waals surface area contributed by atoms with Crippen LogP contribution in [0.15, 0.2) is 48.8 Å². The third kappa shape index (κ3) is 6.18. The number of anilines is 2. The maximum atomic E-state index is 12.4. The molecule has 0 saturated carbocycles. The molecule has 1 aromatic heterocycles. The van der Waals surface area contributed by atoms with Crippen LogP contribution in [0.25, 0.3) is 0 Å². The number of pyridine rings is 1. The number of aromatic nitrogens is 1. The Morgan fingerprint density at radius 2 is 1.85 bits per heavy atom. The van der Waals surface area contributed by atoms with Crippen molar-refractivity contribution < 1.29 is 14.3 Å². The number of ether oxygens (including phenoxy) is 1. The summed E-state index contributed by atoms with van der Waals surface area (Å²) >= 11 is 0. The summed E-state index contributed by atoms with van der Waals surface area (Å²) in [6, 6.07) is 9.81. The first-order valence-corrected chi connectivity index (χ1v) is 8.11. The van der Waals surface area contributed by atoms with Crippen LogP contribution in [0.5, 0.6) is 0 Å². The standard InChI is InChI=1S/C18H20N4O3.2ClH/c1-12-16(20-9-10-25-12)18(24)22-15-4-2-3-13(11-15)17(23)21-14-5-7-19-8-6-14;;/h2-8,11-12,16,20H,9-10H2,1H3,(H,22,24)(H,19,21,23);2*1H/t12-,16+;;/m1../s1. The molecule has 2 amide bonds. The van der Waals surface area contributed by atoms with E-state index in [1.165, 1.54) is 0 Å². The molecule has 2 atom stereocenters. The van der Waals surface area contributed by atoms with Gasteiger partial charge in [-0.1, -0.05) is 6.07 Å². The third-order valence-corrected chi connectivity index (χ3v) is 3.93. The lowest BCUT2D eigenvalue weighted by Crippen LogP contribution is -2.53. The zero-order valence-electron chi connectivity index (χ0n) is 14.7. The Morgan fingerprint density at radius 1 is 1.11 bits per heavy atom. The number of benzene rings is 1. The van der Waals surface area contributed by atoms with Crippen LogP contribution in [0.1, 0.15) is 17.3 Å². The minimum atomic E-state index is -0.414. The lowest BCUT2D eigenvalue weighted by Gasteiger charge is -2.29. The fourth-order valence-electron chi connectivity index (χ4n) is 2.62. The molecule has 1 aliphatic heterocycles. The minimum absolute atomic E-state index is 0. The molecule has 146 valence electrons. The zero-order chi connectivity index (χ0) is 17.6. The highest BCUT2D eigenvalue weighted by molar-refractivity contribution is 6.05. The van der Waals surface area contributed by atoms with E-state index in [1.54, 1.807) is 48.8 Å². The fraction of sp³-hybridized carbons (Fsp3) is 0.278. The van der Waals surface area contributed by atoms with Crippen molar-refractivity contribution in [2.24, 2.45) is 0 Å². The van der Waals surface area contributed by atoms with E-state index in [9.17, 15) is 9.59 Å². The second kappa shape index (κ2) is 10.8. The first kappa shape index (κ1) is 22.9. The molecule has 27 heavy (non-hydrogen) atoms. The van der Waals surface area contributed by atoms with Gasteiger partial charge in [0.15, 0.2) is 0 Å². The van der Waals surface area contributed by atoms with Crippen molar-refractivity contribution in [2.75, 3.05) is 23.8 Å². The van der Waals surface area contributed by atoms with E-state index in [2.05, 4.69) is 20.9 Å². The van der Waals surface area contributed by atoms with Crippen LogP contribution in [-0.2, 0) is 9.53 Å². The summed E-state index contributed by atoms with van der Waals surface area (Å²) in [5.41, 5.74) is 1.68. The van der Waals surface area contributed by atoms with Crippen LogP contribution < -0.4 is 16.0 Å². The average Bonchev–Trinajstić information content (AvgIpc) is 2.63. The molecule has 0 aliphatic carbocycles. The van der Waals surface area contributed by atoms with Crippen LogP contribution >= 0.6 is 24.8 Å². The molecule has 1 aromatic carbocycles. The maximum Gasteiger partial charge on any atom is 0.255 e. The van der Waals surface area contributed by atoms with Gasteiger partial charge >= 0.3 is 0 Å². The first-order chi connectivity index (χ1) is 12.1. The summed E-state index contributed by atoms with van der Waals surface area (Å²) < 4.78 is 5.49. The van der Waals surface area contributed by atoms with Gasteiger partial charge in [0.2, 0.25) is 5.91 Å². The number of rotatable bonds is 4. The summed E-state index contributed by atoms with van der Waals surface area (Å²) in [4.78, 5) is 28.6. The van der Waals surface area contributed by atoms with E-state index in [0.717, 1.165) is 0 Å². The third-order valence-electron chi connectivity index (χ3n) is 3.93. The first-order valence-electron chi connectivity index (χ1n) is 8.11. The van der Waals surface area contributed by atoms with E-state index in [4.69, 9.17) is 4.74 Å². The van der Waals surface area contributed by atoms with Crippen LogP contribution in [0.2, 0.25) is 0 Å². The molecular weight excluding hydrogens is 391 g/mol. The van der Waals surface area contributed by atoms with Gasteiger partial charge in [-0.15, -0.1) is 24.8 Å². The lowest BCUT2D eigenvalue weighted by molar-refractivity contribution is -0.123. The number of morpholine rings is 1. The monoisotopic (exact) mass is 412 g/mol. The molecule has 0 radical (unpaired) electrons. The SMILES string of the molecule is C[C@H]1OCCN[C@@H]1C(=O)Nc1cccc(C(=O)Nc2ccncc2)c1.Cl.Cl. The minimum Gasteiger partial charge on any atom is -0.375 e. The Hall–Kier alpha value is -2.19. The van der Waals surface area contributed by atoms with Gasteiger partial charge in [0.25, 0.3) is 5.91 Å². The molecule has 3 rings (SSSR count). The Morgan fingerprint density at radius 3 is 2.56 bits per heavy atom. The maximum absolute atomic E-state index is 12.4. The summed E-state index contributed by atoms with van der Waals surface area (Å²) in [6.45, 7) is 3.08. The van der Waals surface area contributed by atoms with Crippen LogP contribution in [-0.4, -0.2) is 42.1 Å². The van der Waals surface area contributed by atoms with Crippen molar-refractivity contribution in [3.63, 3.8) is 0 Å². The van der Waals surface area contributed by atoms with E-state index < -0.39 is 6.04 Å². The number of nitrogens with zero attached hydrogens (tertiary/aromatic N) is 1. The normalized spacial score (nSPS) is 18.4. The van der Waals surface area contributed by atoms with E-state index in [1.807, 2.05) is 6.92 Å². The summed E-state index contributed by atoms with van der Waals surface area (Å²) in [6.07, 6.45) is 3.01. The highest BCUT2D eigenvalue weighted by Crippen LogP contribution is 2.15. The summed E-state index contributed by atoms with van der Waals surface area (Å²) in [7, 11) is 0. The van der Waals surface area contributed by atoms with Crippen LogP contribution in [0.3, 0.4) is 0 Å². The number of hydrogen-bond donors (Lipinski definition) is 3. The number of amides is 2. The topological polar surface area (TPSA) is 92.4 Å². The molecule has 0 bridgehead atoms. The van der Waals surface area contributed by atoms with Gasteiger partial charge < -0.3 is 20.7 Å². The van der Waals surface area contributed by atoms with E-state index >= 15 is 0 Å². The molecule has 0 unspecified atom stereocenters.